The highest BCUT2D eigenvalue weighted by molar-refractivity contribution is 7.89. The van der Waals surface area contributed by atoms with Crippen molar-refractivity contribution in [3.63, 3.8) is 0 Å². The fourth-order valence-electron chi connectivity index (χ4n) is 3.85. The van der Waals surface area contributed by atoms with Crippen molar-refractivity contribution in [2.24, 2.45) is 0 Å². The van der Waals surface area contributed by atoms with Crippen molar-refractivity contribution in [3.05, 3.63) is 59.7 Å². The first kappa shape index (κ1) is 22.0. The van der Waals surface area contributed by atoms with Gasteiger partial charge in [-0.3, -0.25) is 9.59 Å². The fourth-order valence-corrected chi connectivity index (χ4v) is 5.19. The van der Waals surface area contributed by atoms with Gasteiger partial charge < -0.3 is 15.0 Å². The predicted molar refractivity (Wildman–Crippen MR) is 121 cm³/mol. The molecule has 2 heterocycles. The number of carbonyl (C=O) groups excluding carboxylic acids is 2. The van der Waals surface area contributed by atoms with E-state index in [1.165, 1.54) is 18.7 Å². The van der Waals surface area contributed by atoms with Gasteiger partial charge in [0.2, 0.25) is 15.9 Å². The first-order valence-electron chi connectivity index (χ1n) is 10.3. The number of rotatable bonds is 5. The minimum atomic E-state index is -3.93. The van der Waals surface area contributed by atoms with E-state index in [0.717, 1.165) is 16.3 Å². The molecule has 0 bridgehead atoms. The van der Waals surface area contributed by atoms with Crippen molar-refractivity contribution in [2.75, 3.05) is 38.6 Å². The Hall–Kier alpha value is -3.17. The Morgan fingerprint density at radius 1 is 1.22 bits per heavy atom. The molecule has 2 aromatic carbocycles. The maximum absolute atomic E-state index is 13.2. The third-order valence-electron chi connectivity index (χ3n) is 5.66. The molecule has 0 atom stereocenters. The van der Waals surface area contributed by atoms with Gasteiger partial charge in [0.25, 0.3) is 5.91 Å². The zero-order chi connectivity index (χ0) is 22.9. The number of sulfonamides is 1. The molecule has 2 aliphatic heterocycles. The van der Waals surface area contributed by atoms with E-state index in [1.54, 1.807) is 17.9 Å². The molecule has 0 fully saturated rings. The molecular formula is C23H25N3O5S. The SMILES string of the molecule is Cc1cc2c(cc1S(=O)(=O)N(C)CC(=O)N1CC=C(c3ccccc3)CC1)OCC(=O)N2. The van der Waals surface area contributed by atoms with E-state index in [0.29, 0.717) is 30.1 Å². The summed E-state index contributed by atoms with van der Waals surface area (Å²) in [4.78, 5) is 26.0. The lowest BCUT2D eigenvalue weighted by atomic mass is 9.99. The Bertz CT molecular complexity index is 1190. The van der Waals surface area contributed by atoms with Crippen molar-refractivity contribution in [2.45, 2.75) is 18.2 Å². The maximum atomic E-state index is 13.2. The fraction of sp³-hybridized carbons (Fsp3) is 0.304. The number of nitrogens with zero attached hydrogens (tertiary/aromatic N) is 2. The molecule has 2 aliphatic rings. The molecule has 0 aromatic heterocycles. The highest BCUT2D eigenvalue weighted by Crippen LogP contribution is 2.34. The highest BCUT2D eigenvalue weighted by atomic mass is 32.2. The lowest BCUT2D eigenvalue weighted by molar-refractivity contribution is -0.130. The van der Waals surface area contributed by atoms with E-state index >= 15 is 0 Å². The molecule has 0 saturated heterocycles. The third kappa shape index (κ3) is 4.39. The molecule has 0 unspecified atom stereocenters. The molecular weight excluding hydrogens is 430 g/mol. The van der Waals surface area contributed by atoms with Crippen molar-refractivity contribution >= 4 is 33.1 Å². The summed E-state index contributed by atoms with van der Waals surface area (Å²) in [6.45, 7) is 2.20. The minimum absolute atomic E-state index is 0.0487. The minimum Gasteiger partial charge on any atom is -0.482 e. The van der Waals surface area contributed by atoms with Crippen LogP contribution >= 0.6 is 0 Å². The van der Waals surface area contributed by atoms with Gasteiger partial charge in [-0.2, -0.15) is 4.31 Å². The molecule has 1 N–H and O–H groups in total. The summed E-state index contributed by atoms with van der Waals surface area (Å²) in [5.74, 6) is -0.247. The summed E-state index contributed by atoms with van der Waals surface area (Å²) >= 11 is 0. The smallest absolute Gasteiger partial charge is 0.262 e. The molecule has 9 heteroatoms. The van der Waals surface area contributed by atoms with Gasteiger partial charge in [-0.15, -0.1) is 0 Å². The largest absolute Gasteiger partial charge is 0.482 e. The van der Waals surface area contributed by atoms with Crippen LogP contribution in [0.5, 0.6) is 5.75 Å². The second-order valence-corrected chi connectivity index (χ2v) is 9.91. The molecule has 0 aliphatic carbocycles. The zero-order valence-corrected chi connectivity index (χ0v) is 18.8. The molecule has 0 radical (unpaired) electrons. The standard InChI is InChI=1S/C23H25N3O5S/c1-16-12-19-20(31-15-22(27)24-19)13-21(16)32(29,30)25(2)14-23(28)26-10-8-18(9-11-26)17-6-4-3-5-7-17/h3-8,12-13H,9-11,14-15H2,1-2H3,(H,24,27). The van der Waals surface area contributed by atoms with Crippen LogP contribution in [0.15, 0.2) is 53.4 Å². The molecule has 8 nitrogen and oxygen atoms in total. The van der Waals surface area contributed by atoms with Gasteiger partial charge in [0.15, 0.2) is 6.61 Å². The number of anilines is 1. The van der Waals surface area contributed by atoms with Crippen molar-refractivity contribution in [1.82, 2.24) is 9.21 Å². The second-order valence-electron chi connectivity index (χ2n) is 7.90. The summed E-state index contributed by atoms with van der Waals surface area (Å²) in [5, 5.41) is 2.66. The first-order valence-corrected chi connectivity index (χ1v) is 11.8. The number of hydrogen-bond donors (Lipinski definition) is 1. The van der Waals surface area contributed by atoms with Crippen LogP contribution < -0.4 is 10.1 Å². The van der Waals surface area contributed by atoms with Crippen molar-refractivity contribution in [1.29, 1.82) is 0 Å². The molecule has 0 saturated carbocycles. The number of amides is 2. The normalized spacial score (nSPS) is 16.2. The van der Waals surface area contributed by atoms with Gasteiger partial charge in [0, 0.05) is 26.2 Å². The van der Waals surface area contributed by atoms with Crippen molar-refractivity contribution in [3.8, 4) is 5.75 Å². The number of fused-ring (bicyclic) bond motifs is 1. The summed E-state index contributed by atoms with van der Waals surface area (Å²) in [6, 6.07) is 13.0. The van der Waals surface area contributed by atoms with Gasteiger partial charge >= 0.3 is 0 Å². The topological polar surface area (TPSA) is 96.0 Å². The Kier molecular flexibility index (Phi) is 6.03. The third-order valence-corrected chi connectivity index (χ3v) is 7.61. The first-order chi connectivity index (χ1) is 15.3. The zero-order valence-electron chi connectivity index (χ0n) is 18.0. The summed E-state index contributed by atoms with van der Waals surface area (Å²) in [5.41, 5.74) is 3.22. The van der Waals surface area contributed by atoms with Crippen LogP contribution in [-0.4, -0.2) is 62.7 Å². The Morgan fingerprint density at radius 2 is 1.97 bits per heavy atom. The van der Waals surface area contributed by atoms with Gasteiger partial charge in [-0.05, 0) is 36.1 Å². The lowest BCUT2D eigenvalue weighted by Crippen LogP contribution is -2.42. The van der Waals surface area contributed by atoms with E-state index in [4.69, 9.17) is 4.74 Å². The van der Waals surface area contributed by atoms with E-state index in [9.17, 15) is 18.0 Å². The molecule has 2 amide bonds. The van der Waals surface area contributed by atoms with Crippen LogP contribution in [0.2, 0.25) is 0 Å². The van der Waals surface area contributed by atoms with E-state index in [-0.39, 0.29) is 29.9 Å². The van der Waals surface area contributed by atoms with Crippen LogP contribution in [0.3, 0.4) is 0 Å². The lowest BCUT2D eigenvalue weighted by Gasteiger charge is -2.29. The summed E-state index contributed by atoms with van der Waals surface area (Å²) in [6.07, 6.45) is 2.74. The number of hydrogen-bond acceptors (Lipinski definition) is 5. The second kappa shape index (κ2) is 8.76. The maximum Gasteiger partial charge on any atom is 0.262 e. The van der Waals surface area contributed by atoms with E-state index < -0.39 is 10.0 Å². The average molecular weight is 456 g/mol. The predicted octanol–water partition coefficient (Wildman–Crippen LogP) is 2.26. The quantitative estimate of drug-likeness (QED) is 0.746. The molecule has 32 heavy (non-hydrogen) atoms. The number of carbonyl (C=O) groups is 2. The number of aryl methyl sites for hydroxylation is 1. The summed E-state index contributed by atoms with van der Waals surface area (Å²) < 4.78 is 32.7. The van der Waals surface area contributed by atoms with Gasteiger partial charge in [-0.25, -0.2) is 8.42 Å². The Balaban J connectivity index is 1.45. The van der Waals surface area contributed by atoms with E-state index in [2.05, 4.69) is 5.32 Å². The summed E-state index contributed by atoms with van der Waals surface area (Å²) in [7, 11) is -2.53. The highest BCUT2D eigenvalue weighted by Gasteiger charge is 2.29. The van der Waals surface area contributed by atoms with Gasteiger partial charge in [-0.1, -0.05) is 36.4 Å². The number of ether oxygens (including phenoxy) is 1. The van der Waals surface area contributed by atoms with Crippen LogP contribution in [0.1, 0.15) is 17.5 Å². The Labute approximate surface area is 187 Å². The Morgan fingerprint density at radius 3 is 2.66 bits per heavy atom. The number of benzene rings is 2. The molecule has 4 rings (SSSR count). The number of nitrogens with one attached hydrogen (secondary N) is 1. The monoisotopic (exact) mass is 455 g/mol. The van der Waals surface area contributed by atoms with Crippen LogP contribution in [0, 0.1) is 6.92 Å². The van der Waals surface area contributed by atoms with Crippen LogP contribution in [0.4, 0.5) is 5.69 Å². The van der Waals surface area contributed by atoms with Crippen molar-refractivity contribution < 1.29 is 22.7 Å². The van der Waals surface area contributed by atoms with Crippen LogP contribution in [0.25, 0.3) is 5.57 Å². The average Bonchev–Trinajstić information content (AvgIpc) is 2.79. The van der Waals surface area contributed by atoms with Gasteiger partial charge in [0.1, 0.15) is 5.75 Å². The number of likely N-dealkylation sites (N-methyl/N-ethyl adjacent to an activating group) is 1. The van der Waals surface area contributed by atoms with Crippen LogP contribution in [-0.2, 0) is 19.6 Å². The molecule has 0 spiro atoms. The molecule has 168 valence electrons. The molecule has 2 aromatic rings. The van der Waals surface area contributed by atoms with Gasteiger partial charge in [0.05, 0.1) is 17.1 Å². The van der Waals surface area contributed by atoms with E-state index in [1.807, 2.05) is 36.4 Å².